The van der Waals surface area contributed by atoms with Gasteiger partial charge in [-0.25, -0.2) is 0 Å². The maximum Gasteiger partial charge on any atom is 0.271 e. The van der Waals surface area contributed by atoms with Crippen LogP contribution in [-0.4, -0.2) is 16.9 Å². The van der Waals surface area contributed by atoms with Crippen molar-refractivity contribution in [2.45, 2.75) is 0 Å². The number of hydrazine groups is 1. The van der Waals surface area contributed by atoms with Crippen molar-refractivity contribution in [3.8, 4) is 0 Å². The number of nitrogens with one attached hydrogen (secondary N) is 3. The second kappa shape index (κ2) is 8.30. The molecular weight excluding hydrogens is 393 g/mol. The molecule has 0 bridgehead atoms. The number of rotatable bonds is 2. The Morgan fingerprint density at radius 2 is 1.50 bits per heavy atom. The van der Waals surface area contributed by atoms with Gasteiger partial charge in [0.05, 0.1) is 10.6 Å². The average molecular weight is 403 g/mol. The number of carbonyl (C=O) groups is 2. The lowest BCUT2D eigenvalue weighted by molar-refractivity contribution is 0.0934. The van der Waals surface area contributed by atoms with Crippen LogP contribution in [0.3, 0.4) is 0 Å². The third-order valence-electron chi connectivity index (χ3n) is 2.76. The summed E-state index contributed by atoms with van der Waals surface area (Å²) >= 11 is 22.5. The first-order valence-electron chi connectivity index (χ1n) is 6.49. The van der Waals surface area contributed by atoms with Gasteiger partial charge < -0.3 is 0 Å². The first-order valence-corrected chi connectivity index (χ1v) is 8.03. The number of thiocarbonyl (C=S) groups is 1. The summed E-state index contributed by atoms with van der Waals surface area (Å²) in [6.45, 7) is 0. The molecule has 0 aliphatic rings. The highest BCUT2D eigenvalue weighted by Gasteiger charge is 2.12. The molecule has 0 aliphatic carbocycles. The normalized spacial score (nSPS) is 9.96. The van der Waals surface area contributed by atoms with Gasteiger partial charge in [0.25, 0.3) is 11.8 Å². The molecule has 5 nitrogen and oxygen atoms in total. The molecule has 24 heavy (non-hydrogen) atoms. The summed E-state index contributed by atoms with van der Waals surface area (Å²) in [4.78, 5) is 24.0. The van der Waals surface area contributed by atoms with E-state index in [2.05, 4.69) is 16.2 Å². The Bertz CT molecular complexity index is 794. The van der Waals surface area contributed by atoms with E-state index in [-0.39, 0.29) is 16.2 Å². The topological polar surface area (TPSA) is 70.2 Å². The Hall–Kier alpha value is -1.86. The van der Waals surface area contributed by atoms with Crippen LogP contribution in [0.1, 0.15) is 20.7 Å². The van der Waals surface area contributed by atoms with Crippen LogP contribution in [0.4, 0.5) is 0 Å². The lowest BCUT2D eigenvalue weighted by atomic mass is 10.2. The maximum atomic E-state index is 12.0. The summed E-state index contributed by atoms with van der Waals surface area (Å²) in [5, 5.41) is 3.22. The second-order valence-corrected chi connectivity index (χ2v) is 6.19. The van der Waals surface area contributed by atoms with Crippen LogP contribution in [0.15, 0.2) is 42.5 Å². The lowest BCUT2D eigenvalue weighted by Crippen LogP contribution is -2.48. The molecule has 0 unspecified atom stereocenters. The molecule has 0 radical (unpaired) electrons. The van der Waals surface area contributed by atoms with Crippen molar-refractivity contribution in [2.24, 2.45) is 0 Å². The van der Waals surface area contributed by atoms with E-state index in [9.17, 15) is 9.59 Å². The lowest BCUT2D eigenvalue weighted by Gasteiger charge is -2.11. The van der Waals surface area contributed by atoms with E-state index in [0.29, 0.717) is 15.1 Å². The van der Waals surface area contributed by atoms with Gasteiger partial charge in [0.2, 0.25) is 0 Å². The molecule has 0 spiro atoms. The van der Waals surface area contributed by atoms with Gasteiger partial charge in [-0.15, -0.1) is 0 Å². The van der Waals surface area contributed by atoms with Gasteiger partial charge in [-0.3, -0.25) is 25.8 Å². The zero-order valence-corrected chi connectivity index (χ0v) is 15.0. The van der Waals surface area contributed by atoms with Gasteiger partial charge in [-0.2, -0.15) is 0 Å². The first kappa shape index (κ1) is 18.5. The van der Waals surface area contributed by atoms with Gasteiger partial charge in [-0.05, 0) is 42.5 Å². The van der Waals surface area contributed by atoms with E-state index in [4.69, 9.17) is 47.0 Å². The van der Waals surface area contributed by atoms with Gasteiger partial charge in [0, 0.05) is 15.6 Å². The van der Waals surface area contributed by atoms with E-state index in [1.165, 1.54) is 18.2 Å². The summed E-state index contributed by atoms with van der Waals surface area (Å²) in [7, 11) is 0. The van der Waals surface area contributed by atoms with Crippen molar-refractivity contribution in [1.29, 1.82) is 0 Å². The van der Waals surface area contributed by atoms with E-state index >= 15 is 0 Å². The van der Waals surface area contributed by atoms with E-state index < -0.39 is 11.8 Å². The minimum Gasteiger partial charge on any atom is -0.298 e. The number of hydrogen-bond donors (Lipinski definition) is 3. The molecule has 0 atom stereocenters. The maximum absolute atomic E-state index is 12.0. The van der Waals surface area contributed by atoms with Gasteiger partial charge in [-0.1, -0.05) is 46.9 Å². The van der Waals surface area contributed by atoms with Crippen LogP contribution in [0, 0.1) is 0 Å². The van der Waals surface area contributed by atoms with Crippen LogP contribution in [-0.2, 0) is 0 Å². The Labute approximate surface area is 158 Å². The van der Waals surface area contributed by atoms with Crippen molar-refractivity contribution >= 4 is 63.9 Å². The number of hydrogen-bond acceptors (Lipinski definition) is 3. The highest BCUT2D eigenvalue weighted by Crippen LogP contribution is 2.19. The molecule has 0 heterocycles. The third kappa shape index (κ3) is 5.07. The summed E-state index contributed by atoms with van der Waals surface area (Å²) < 4.78 is 0. The first-order chi connectivity index (χ1) is 11.4. The van der Waals surface area contributed by atoms with Crippen LogP contribution in [0.5, 0.6) is 0 Å². The number of carbonyl (C=O) groups excluding carboxylic acids is 2. The molecule has 0 saturated heterocycles. The van der Waals surface area contributed by atoms with Crippen LogP contribution in [0.25, 0.3) is 0 Å². The molecule has 0 aliphatic heterocycles. The molecule has 0 saturated carbocycles. The summed E-state index contributed by atoms with van der Waals surface area (Å²) in [5.74, 6) is -1.02. The summed E-state index contributed by atoms with van der Waals surface area (Å²) in [6.07, 6.45) is 0. The number of amides is 2. The third-order valence-corrected chi connectivity index (χ3v) is 3.73. The molecular formula is C15H10Cl3N3O2S. The van der Waals surface area contributed by atoms with E-state index in [1.54, 1.807) is 24.3 Å². The SMILES string of the molecule is O=C(NC(=S)NNC(=O)c1ccccc1Cl)c1cc(Cl)cc(Cl)c1. The molecule has 2 aromatic carbocycles. The molecule has 2 amide bonds. The quantitative estimate of drug-likeness (QED) is 0.530. The Morgan fingerprint density at radius 3 is 2.12 bits per heavy atom. The van der Waals surface area contributed by atoms with Crippen molar-refractivity contribution in [3.63, 3.8) is 0 Å². The minimum absolute atomic E-state index is 0.100. The monoisotopic (exact) mass is 401 g/mol. The number of halogens is 3. The predicted molar refractivity (Wildman–Crippen MR) is 98.6 cm³/mol. The smallest absolute Gasteiger partial charge is 0.271 e. The van der Waals surface area contributed by atoms with Crippen molar-refractivity contribution in [2.75, 3.05) is 0 Å². The van der Waals surface area contributed by atoms with Crippen molar-refractivity contribution < 1.29 is 9.59 Å². The van der Waals surface area contributed by atoms with E-state index in [0.717, 1.165) is 0 Å². The Morgan fingerprint density at radius 1 is 0.875 bits per heavy atom. The molecule has 0 aromatic heterocycles. The van der Waals surface area contributed by atoms with Gasteiger partial charge in [0.15, 0.2) is 5.11 Å². The Kier molecular flexibility index (Phi) is 6.39. The summed E-state index contributed by atoms with van der Waals surface area (Å²) in [6, 6.07) is 10.9. The predicted octanol–water partition coefficient (Wildman–Crippen LogP) is 3.60. The van der Waals surface area contributed by atoms with E-state index in [1.807, 2.05) is 0 Å². The highest BCUT2D eigenvalue weighted by molar-refractivity contribution is 7.80. The Balaban J connectivity index is 1.92. The molecule has 0 fully saturated rings. The highest BCUT2D eigenvalue weighted by atomic mass is 35.5. The molecule has 9 heteroatoms. The van der Waals surface area contributed by atoms with Crippen LogP contribution in [0.2, 0.25) is 15.1 Å². The average Bonchev–Trinajstić information content (AvgIpc) is 2.52. The van der Waals surface area contributed by atoms with Crippen molar-refractivity contribution in [1.82, 2.24) is 16.2 Å². The van der Waals surface area contributed by atoms with Gasteiger partial charge >= 0.3 is 0 Å². The number of benzene rings is 2. The van der Waals surface area contributed by atoms with Crippen molar-refractivity contribution in [3.05, 3.63) is 68.7 Å². The summed E-state index contributed by atoms with van der Waals surface area (Å²) in [5.41, 5.74) is 5.25. The molecule has 124 valence electrons. The standard InChI is InChI=1S/C15H10Cl3N3O2S/c16-9-5-8(6-10(17)7-9)13(22)19-15(24)21-20-14(23)11-3-1-2-4-12(11)18/h1-7H,(H,20,23)(H2,19,21,22,24). The fourth-order valence-corrected chi connectivity index (χ4v) is 2.61. The molecule has 3 N–H and O–H groups in total. The fraction of sp³-hybridized carbons (Fsp3) is 0. The minimum atomic E-state index is -0.524. The zero-order chi connectivity index (χ0) is 17.7. The largest absolute Gasteiger partial charge is 0.298 e. The second-order valence-electron chi connectivity index (χ2n) is 4.50. The van der Waals surface area contributed by atoms with Crippen LogP contribution < -0.4 is 16.2 Å². The van der Waals surface area contributed by atoms with Crippen LogP contribution >= 0.6 is 47.0 Å². The zero-order valence-electron chi connectivity index (χ0n) is 11.9. The molecule has 2 rings (SSSR count). The molecule has 2 aromatic rings. The van der Waals surface area contributed by atoms with Gasteiger partial charge in [0.1, 0.15) is 0 Å². The fourth-order valence-electron chi connectivity index (χ4n) is 1.72.